The van der Waals surface area contributed by atoms with E-state index in [4.69, 9.17) is 0 Å². The molecule has 3 amide bonds. The van der Waals surface area contributed by atoms with Crippen molar-refractivity contribution >= 4 is 27.6 Å². The molecule has 4 aliphatic heterocycles. The van der Waals surface area contributed by atoms with Crippen molar-refractivity contribution in [3.8, 4) is 0 Å². The SMILES string of the molecule is CN(Cc1ccc2c(c1)CN(C1CCC(=O)NC1=O)C2=O)C1CS(=O)(=O)C12CCNCC2. The van der Waals surface area contributed by atoms with E-state index in [1.165, 1.54) is 0 Å². The van der Waals surface area contributed by atoms with Gasteiger partial charge < -0.3 is 10.2 Å². The van der Waals surface area contributed by atoms with Crippen LogP contribution in [0.4, 0.5) is 0 Å². The van der Waals surface area contributed by atoms with E-state index in [2.05, 4.69) is 15.5 Å². The lowest BCUT2D eigenvalue weighted by Gasteiger charge is -2.54. The zero-order valence-electron chi connectivity index (χ0n) is 18.1. The topological polar surface area (TPSA) is 116 Å². The normalized spacial score (nSPS) is 28.6. The lowest BCUT2D eigenvalue weighted by Crippen LogP contribution is -2.71. The van der Waals surface area contributed by atoms with E-state index in [1.807, 2.05) is 19.2 Å². The van der Waals surface area contributed by atoms with Gasteiger partial charge in [-0.05, 0) is 56.6 Å². The summed E-state index contributed by atoms with van der Waals surface area (Å²) in [6, 6.07) is 5.05. The number of hydrogen-bond donors (Lipinski definition) is 2. The molecule has 0 aromatic heterocycles. The van der Waals surface area contributed by atoms with Crippen molar-refractivity contribution in [1.29, 1.82) is 0 Å². The van der Waals surface area contributed by atoms with Gasteiger partial charge >= 0.3 is 0 Å². The molecule has 2 atom stereocenters. The molecular formula is C22H28N4O5S. The van der Waals surface area contributed by atoms with Crippen LogP contribution in [0.1, 0.15) is 47.2 Å². The van der Waals surface area contributed by atoms with Crippen molar-refractivity contribution in [2.24, 2.45) is 0 Å². The van der Waals surface area contributed by atoms with Crippen molar-refractivity contribution in [3.63, 3.8) is 0 Å². The fraction of sp³-hybridized carbons (Fsp3) is 0.591. The van der Waals surface area contributed by atoms with E-state index >= 15 is 0 Å². The van der Waals surface area contributed by atoms with Gasteiger partial charge in [0.1, 0.15) is 6.04 Å². The van der Waals surface area contributed by atoms with Crippen LogP contribution in [0.15, 0.2) is 18.2 Å². The molecule has 2 unspecified atom stereocenters. The van der Waals surface area contributed by atoms with Gasteiger partial charge in [0.15, 0.2) is 9.84 Å². The maximum atomic E-state index is 12.9. The highest BCUT2D eigenvalue weighted by Gasteiger charge is 2.61. The Morgan fingerprint density at radius 1 is 1.19 bits per heavy atom. The number of piperidine rings is 2. The third kappa shape index (κ3) is 3.27. The summed E-state index contributed by atoms with van der Waals surface area (Å²) in [5, 5.41) is 5.58. The van der Waals surface area contributed by atoms with Gasteiger partial charge in [0.2, 0.25) is 11.8 Å². The molecule has 1 spiro atoms. The van der Waals surface area contributed by atoms with Gasteiger partial charge in [-0.25, -0.2) is 8.42 Å². The second-order valence-electron chi connectivity index (χ2n) is 9.42. The quantitative estimate of drug-likeness (QED) is 0.598. The molecule has 4 heterocycles. The Morgan fingerprint density at radius 2 is 1.94 bits per heavy atom. The minimum Gasteiger partial charge on any atom is -0.322 e. The molecule has 4 aliphatic rings. The molecule has 0 aliphatic carbocycles. The molecule has 9 nitrogen and oxygen atoms in total. The predicted octanol–water partition coefficient (Wildman–Crippen LogP) is -0.201. The fourth-order valence-corrected chi connectivity index (χ4v) is 8.31. The maximum Gasteiger partial charge on any atom is 0.255 e. The third-order valence-electron chi connectivity index (χ3n) is 7.61. The van der Waals surface area contributed by atoms with Crippen LogP contribution in [0, 0.1) is 0 Å². The first-order valence-electron chi connectivity index (χ1n) is 11.1. The largest absolute Gasteiger partial charge is 0.322 e. The van der Waals surface area contributed by atoms with Crippen LogP contribution in [0.2, 0.25) is 0 Å². The van der Waals surface area contributed by atoms with Gasteiger partial charge in [-0.3, -0.25) is 24.6 Å². The van der Waals surface area contributed by atoms with Crippen molar-refractivity contribution in [2.75, 3.05) is 25.9 Å². The molecule has 10 heteroatoms. The Morgan fingerprint density at radius 3 is 2.62 bits per heavy atom. The zero-order valence-corrected chi connectivity index (χ0v) is 18.9. The predicted molar refractivity (Wildman–Crippen MR) is 116 cm³/mol. The van der Waals surface area contributed by atoms with Crippen LogP contribution in [-0.2, 0) is 32.5 Å². The number of nitrogens with zero attached hydrogens (tertiary/aromatic N) is 2. The first-order valence-corrected chi connectivity index (χ1v) is 12.8. The lowest BCUT2D eigenvalue weighted by molar-refractivity contribution is -0.136. The number of rotatable bonds is 4. The van der Waals surface area contributed by atoms with Gasteiger partial charge in [0.25, 0.3) is 5.91 Å². The Kier molecular flexibility index (Phi) is 5.14. The average Bonchev–Trinajstić information content (AvgIpc) is 3.08. The fourth-order valence-electron chi connectivity index (χ4n) is 5.78. The summed E-state index contributed by atoms with van der Waals surface area (Å²) in [6.45, 7) is 2.38. The van der Waals surface area contributed by atoms with Crippen molar-refractivity contribution in [1.82, 2.24) is 20.4 Å². The molecule has 0 bridgehead atoms. The zero-order chi connectivity index (χ0) is 22.7. The number of imide groups is 1. The minimum absolute atomic E-state index is 0.00976. The van der Waals surface area contributed by atoms with E-state index in [9.17, 15) is 22.8 Å². The highest BCUT2D eigenvalue weighted by molar-refractivity contribution is 7.94. The van der Waals surface area contributed by atoms with Crippen LogP contribution < -0.4 is 10.6 Å². The van der Waals surface area contributed by atoms with E-state index in [0.29, 0.717) is 37.9 Å². The number of nitrogens with one attached hydrogen (secondary N) is 2. The van der Waals surface area contributed by atoms with Crippen LogP contribution in [0.25, 0.3) is 0 Å². The summed E-state index contributed by atoms with van der Waals surface area (Å²) >= 11 is 0. The Labute approximate surface area is 187 Å². The molecule has 0 saturated carbocycles. The van der Waals surface area contributed by atoms with Crippen LogP contribution in [-0.4, -0.2) is 78.7 Å². The van der Waals surface area contributed by atoms with E-state index < -0.39 is 26.5 Å². The summed E-state index contributed by atoms with van der Waals surface area (Å²) in [4.78, 5) is 40.2. The van der Waals surface area contributed by atoms with Gasteiger partial charge in [-0.1, -0.05) is 12.1 Å². The highest BCUT2D eigenvalue weighted by atomic mass is 32.2. The smallest absolute Gasteiger partial charge is 0.255 e. The molecule has 2 N–H and O–H groups in total. The molecule has 172 valence electrons. The van der Waals surface area contributed by atoms with E-state index in [0.717, 1.165) is 24.2 Å². The molecular weight excluding hydrogens is 432 g/mol. The van der Waals surface area contributed by atoms with Gasteiger partial charge in [0.05, 0.1) is 10.5 Å². The van der Waals surface area contributed by atoms with Crippen molar-refractivity contribution in [2.45, 2.75) is 55.6 Å². The van der Waals surface area contributed by atoms with Crippen LogP contribution >= 0.6 is 0 Å². The number of hydrogen-bond acceptors (Lipinski definition) is 7. The van der Waals surface area contributed by atoms with Crippen molar-refractivity contribution < 1.29 is 22.8 Å². The lowest BCUT2D eigenvalue weighted by atomic mass is 9.87. The first kappa shape index (κ1) is 21.5. The minimum atomic E-state index is -3.07. The molecule has 3 saturated heterocycles. The van der Waals surface area contributed by atoms with Crippen molar-refractivity contribution in [3.05, 3.63) is 34.9 Å². The first-order chi connectivity index (χ1) is 15.2. The van der Waals surface area contributed by atoms with E-state index in [1.54, 1.807) is 11.0 Å². The van der Waals surface area contributed by atoms with Crippen LogP contribution in [0.3, 0.4) is 0 Å². The Balaban J connectivity index is 1.30. The standard InChI is InChI=1S/C22H28N4O5S/c1-25(18-13-32(30,31)22(18)6-8-23-9-7-22)11-14-2-3-16-15(10-14)12-26(21(16)29)17-4-5-19(27)24-20(17)28/h2-3,10,17-18,23H,4-9,11-13H2,1H3,(H,24,27,28). The Bertz CT molecular complexity index is 1100. The second-order valence-corrected chi connectivity index (χ2v) is 11.8. The molecule has 32 heavy (non-hydrogen) atoms. The number of carbonyl (C=O) groups excluding carboxylic acids is 3. The highest BCUT2D eigenvalue weighted by Crippen LogP contribution is 2.44. The summed E-state index contributed by atoms with van der Waals surface area (Å²) in [6.07, 6.45) is 1.86. The number of sulfone groups is 1. The number of carbonyl (C=O) groups is 3. The number of fused-ring (bicyclic) bond motifs is 1. The van der Waals surface area contributed by atoms with Crippen LogP contribution in [0.5, 0.6) is 0 Å². The van der Waals surface area contributed by atoms with Gasteiger partial charge in [-0.2, -0.15) is 0 Å². The third-order valence-corrected chi connectivity index (χ3v) is 10.3. The summed E-state index contributed by atoms with van der Waals surface area (Å²) < 4.78 is 24.6. The maximum absolute atomic E-state index is 12.9. The van der Waals surface area contributed by atoms with E-state index in [-0.39, 0.29) is 30.0 Å². The molecule has 1 aromatic carbocycles. The average molecular weight is 461 g/mol. The summed E-state index contributed by atoms with van der Waals surface area (Å²) in [5.41, 5.74) is 2.46. The number of amides is 3. The monoisotopic (exact) mass is 460 g/mol. The Hall–Kier alpha value is -2.30. The summed E-state index contributed by atoms with van der Waals surface area (Å²) in [7, 11) is -1.10. The molecule has 5 rings (SSSR count). The molecule has 0 radical (unpaired) electrons. The summed E-state index contributed by atoms with van der Waals surface area (Å²) in [5.74, 6) is -0.713. The van der Waals surface area contributed by atoms with Gasteiger partial charge in [-0.15, -0.1) is 0 Å². The molecule has 1 aromatic rings. The van der Waals surface area contributed by atoms with Gasteiger partial charge in [0, 0.05) is 31.1 Å². The number of benzene rings is 1. The molecule has 3 fully saturated rings. The second kappa shape index (κ2) is 7.64.